The van der Waals surface area contributed by atoms with E-state index in [1.165, 1.54) is 0 Å². The van der Waals surface area contributed by atoms with Gasteiger partial charge in [-0.1, -0.05) is 26.0 Å². The van der Waals surface area contributed by atoms with Gasteiger partial charge in [0, 0.05) is 5.41 Å². The minimum atomic E-state index is -0.283. The highest BCUT2D eigenvalue weighted by molar-refractivity contribution is 5.24. The van der Waals surface area contributed by atoms with Crippen molar-refractivity contribution in [3.05, 3.63) is 23.3 Å². The summed E-state index contributed by atoms with van der Waals surface area (Å²) in [4.78, 5) is 0. The number of hydrogen-bond donors (Lipinski definition) is 4. The van der Waals surface area contributed by atoms with Gasteiger partial charge in [0.1, 0.15) is 0 Å². The predicted octanol–water partition coefficient (Wildman–Crippen LogP) is 2.42. The maximum atomic E-state index is 10.3. The fraction of sp³-hybridized carbons (Fsp3) is 0.800. The van der Waals surface area contributed by atoms with Crippen molar-refractivity contribution in [3.8, 4) is 0 Å². The van der Waals surface area contributed by atoms with Gasteiger partial charge < -0.3 is 20.4 Å². The van der Waals surface area contributed by atoms with Gasteiger partial charge in [0.15, 0.2) is 0 Å². The Balaban J connectivity index is 2.30. The molecule has 0 saturated heterocycles. The monoisotopic (exact) mass is 338 g/mol. The lowest BCUT2D eigenvalue weighted by molar-refractivity contribution is -0.0828. The van der Waals surface area contributed by atoms with E-state index in [2.05, 4.69) is 19.9 Å². The molecule has 0 aromatic carbocycles. The molecule has 0 bridgehead atoms. The zero-order valence-electron chi connectivity index (χ0n) is 15.2. The fourth-order valence-corrected chi connectivity index (χ4v) is 5.31. The standard InChI is InChI=1S/C20H34O4/c1-15-6-10-20(14-24)17(13-23)4-3-5-18(20)19(15,2)9-7-16(12-22)8-11-21/h4,8,15,18,21-24H,3,5-7,9-14H2,1-2H3/b16-8-/t15-,18-,19+,20-/m1/s1. The van der Waals surface area contributed by atoms with E-state index in [4.69, 9.17) is 5.11 Å². The van der Waals surface area contributed by atoms with Crippen molar-refractivity contribution in [1.82, 2.24) is 0 Å². The van der Waals surface area contributed by atoms with Crippen molar-refractivity contribution in [2.75, 3.05) is 26.4 Å². The Bertz CT molecular complexity index is 484. The molecule has 4 N–H and O–H groups in total. The van der Waals surface area contributed by atoms with Gasteiger partial charge in [-0.3, -0.25) is 0 Å². The van der Waals surface area contributed by atoms with Crippen LogP contribution in [0.3, 0.4) is 0 Å². The third kappa shape index (κ3) is 3.34. The van der Waals surface area contributed by atoms with Gasteiger partial charge in [0.25, 0.3) is 0 Å². The van der Waals surface area contributed by atoms with Gasteiger partial charge in [-0.2, -0.15) is 0 Å². The van der Waals surface area contributed by atoms with E-state index in [1.807, 2.05) is 0 Å². The van der Waals surface area contributed by atoms with Crippen LogP contribution in [-0.2, 0) is 0 Å². The van der Waals surface area contributed by atoms with E-state index in [0.29, 0.717) is 11.8 Å². The Morgan fingerprint density at radius 3 is 2.58 bits per heavy atom. The largest absolute Gasteiger partial charge is 0.395 e. The molecule has 0 aromatic heterocycles. The van der Waals surface area contributed by atoms with Gasteiger partial charge in [-0.05, 0) is 66.9 Å². The number of aliphatic hydroxyl groups excluding tert-OH is 4. The van der Waals surface area contributed by atoms with Crippen LogP contribution in [0.2, 0.25) is 0 Å². The number of aliphatic hydroxyl groups is 4. The molecule has 4 atom stereocenters. The van der Waals surface area contributed by atoms with E-state index >= 15 is 0 Å². The third-order valence-electron chi connectivity index (χ3n) is 7.12. The van der Waals surface area contributed by atoms with Gasteiger partial charge in [0.2, 0.25) is 0 Å². The molecule has 0 unspecified atom stereocenters. The molecule has 24 heavy (non-hydrogen) atoms. The molecular weight excluding hydrogens is 304 g/mol. The summed E-state index contributed by atoms with van der Waals surface area (Å²) in [5.74, 6) is 0.884. The van der Waals surface area contributed by atoms with Crippen LogP contribution in [0.4, 0.5) is 0 Å². The Hall–Kier alpha value is -0.680. The summed E-state index contributed by atoms with van der Waals surface area (Å²) in [6, 6.07) is 0. The number of allylic oxidation sites excluding steroid dienone is 1. The first-order valence-corrected chi connectivity index (χ1v) is 9.29. The summed E-state index contributed by atoms with van der Waals surface area (Å²) >= 11 is 0. The molecule has 0 radical (unpaired) electrons. The summed E-state index contributed by atoms with van der Waals surface area (Å²) in [6.07, 6.45) is 9.54. The van der Waals surface area contributed by atoms with Crippen LogP contribution in [0, 0.1) is 22.7 Å². The second-order valence-electron chi connectivity index (χ2n) is 7.98. The minimum absolute atomic E-state index is 0.0113. The topological polar surface area (TPSA) is 80.9 Å². The highest BCUT2D eigenvalue weighted by Crippen LogP contribution is 2.61. The summed E-state index contributed by atoms with van der Waals surface area (Å²) in [7, 11) is 0. The molecule has 2 aliphatic rings. The van der Waals surface area contributed by atoms with Crippen LogP contribution >= 0.6 is 0 Å². The number of hydrogen-bond acceptors (Lipinski definition) is 4. The predicted molar refractivity (Wildman–Crippen MR) is 95.4 cm³/mol. The van der Waals surface area contributed by atoms with Crippen LogP contribution in [0.5, 0.6) is 0 Å². The normalized spacial score (nSPS) is 37.1. The molecule has 2 rings (SSSR count). The zero-order valence-corrected chi connectivity index (χ0v) is 15.2. The van der Waals surface area contributed by atoms with Crippen molar-refractivity contribution >= 4 is 0 Å². The van der Waals surface area contributed by atoms with E-state index < -0.39 is 0 Å². The van der Waals surface area contributed by atoms with Crippen LogP contribution < -0.4 is 0 Å². The molecule has 2 aliphatic carbocycles. The molecular formula is C20H34O4. The van der Waals surface area contributed by atoms with Gasteiger partial charge in [-0.15, -0.1) is 0 Å². The highest BCUT2D eigenvalue weighted by atomic mass is 16.3. The summed E-state index contributed by atoms with van der Waals surface area (Å²) < 4.78 is 0. The lowest BCUT2D eigenvalue weighted by Crippen LogP contribution is -2.53. The average molecular weight is 338 g/mol. The highest BCUT2D eigenvalue weighted by Gasteiger charge is 2.55. The fourth-order valence-electron chi connectivity index (χ4n) is 5.31. The molecule has 0 aliphatic heterocycles. The lowest BCUT2D eigenvalue weighted by atomic mass is 9.46. The number of rotatable bonds is 7. The molecule has 4 nitrogen and oxygen atoms in total. The van der Waals surface area contributed by atoms with Gasteiger partial charge in [0.05, 0.1) is 26.4 Å². The summed E-state index contributed by atoms with van der Waals surface area (Å²) in [6.45, 7) is 4.71. The first-order valence-electron chi connectivity index (χ1n) is 9.29. The molecule has 0 spiro atoms. The SMILES string of the molecule is C[C@@H]1CC[C@@]2(CO)C(CO)=CCC[C@@H]2[C@@]1(C)CC/C(=C/CO)CO. The first kappa shape index (κ1) is 19.6. The molecule has 1 saturated carbocycles. The molecule has 0 amide bonds. The van der Waals surface area contributed by atoms with Crippen molar-refractivity contribution in [2.45, 2.75) is 52.4 Å². The molecule has 1 fully saturated rings. The maximum absolute atomic E-state index is 10.3. The second-order valence-corrected chi connectivity index (χ2v) is 7.98. The first-order chi connectivity index (χ1) is 11.5. The van der Waals surface area contributed by atoms with E-state index in [-0.39, 0.29) is 37.3 Å². The van der Waals surface area contributed by atoms with E-state index in [9.17, 15) is 15.3 Å². The second kappa shape index (κ2) is 8.13. The van der Waals surface area contributed by atoms with Crippen LogP contribution in [0.1, 0.15) is 52.4 Å². The van der Waals surface area contributed by atoms with Crippen molar-refractivity contribution in [3.63, 3.8) is 0 Å². The van der Waals surface area contributed by atoms with Crippen LogP contribution in [-0.4, -0.2) is 46.9 Å². The smallest absolute Gasteiger partial charge is 0.0648 e. The maximum Gasteiger partial charge on any atom is 0.0648 e. The molecule has 4 heteroatoms. The quantitative estimate of drug-likeness (QED) is 0.538. The van der Waals surface area contributed by atoms with Crippen LogP contribution in [0.25, 0.3) is 0 Å². The Morgan fingerprint density at radius 2 is 2.00 bits per heavy atom. The van der Waals surface area contributed by atoms with Crippen LogP contribution in [0.15, 0.2) is 23.3 Å². The summed E-state index contributed by atoms with van der Waals surface area (Å²) in [5.41, 5.74) is 1.68. The lowest BCUT2D eigenvalue weighted by Gasteiger charge is -2.59. The van der Waals surface area contributed by atoms with Crippen molar-refractivity contribution in [1.29, 1.82) is 0 Å². The summed E-state index contributed by atoms with van der Waals surface area (Å²) in [5, 5.41) is 38.7. The van der Waals surface area contributed by atoms with Crippen molar-refractivity contribution in [2.24, 2.45) is 22.7 Å². The molecule has 0 aromatic rings. The molecule has 138 valence electrons. The molecule has 0 heterocycles. The minimum Gasteiger partial charge on any atom is -0.395 e. The van der Waals surface area contributed by atoms with Crippen molar-refractivity contribution < 1.29 is 20.4 Å². The Labute approximate surface area is 145 Å². The Kier molecular flexibility index (Phi) is 6.66. The van der Waals surface area contributed by atoms with E-state index in [0.717, 1.165) is 49.7 Å². The Morgan fingerprint density at radius 1 is 1.25 bits per heavy atom. The van der Waals surface area contributed by atoms with Gasteiger partial charge >= 0.3 is 0 Å². The zero-order chi connectivity index (χ0) is 17.8. The third-order valence-corrected chi connectivity index (χ3v) is 7.12. The van der Waals surface area contributed by atoms with E-state index in [1.54, 1.807) is 6.08 Å². The number of fused-ring (bicyclic) bond motifs is 1. The van der Waals surface area contributed by atoms with Gasteiger partial charge in [-0.25, -0.2) is 0 Å². The average Bonchev–Trinajstić information content (AvgIpc) is 2.61.